The van der Waals surface area contributed by atoms with Crippen LogP contribution in [0.3, 0.4) is 0 Å². The highest BCUT2D eigenvalue weighted by molar-refractivity contribution is 7.92. The summed E-state index contributed by atoms with van der Waals surface area (Å²) in [6.07, 6.45) is 5.56. The van der Waals surface area contributed by atoms with Gasteiger partial charge in [-0.2, -0.15) is 4.99 Å². The van der Waals surface area contributed by atoms with E-state index in [9.17, 15) is 13.2 Å². The van der Waals surface area contributed by atoms with Gasteiger partial charge in [-0.05, 0) is 85.6 Å². The quantitative estimate of drug-likeness (QED) is 0.391. The van der Waals surface area contributed by atoms with E-state index >= 15 is 0 Å². The minimum absolute atomic E-state index is 0.0988. The fourth-order valence-electron chi connectivity index (χ4n) is 3.45. The molecule has 0 spiro atoms. The van der Waals surface area contributed by atoms with Gasteiger partial charge in [0.2, 0.25) is 0 Å². The number of nitrogens with zero attached hydrogens (tertiary/aromatic N) is 2. The van der Waals surface area contributed by atoms with Crippen molar-refractivity contribution in [1.29, 1.82) is 0 Å². The van der Waals surface area contributed by atoms with Crippen molar-refractivity contribution in [3.05, 3.63) is 82.2 Å². The molecule has 0 unspecified atom stereocenters. The molecule has 9 heteroatoms. The van der Waals surface area contributed by atoms with Crippen LogP contribution >= 0.6 is 11.3 Å². The monoisotopic (exact) mass is 505 g/mol. The van der Waals surface area contributed by atoms with Crippen LogP contribution in [-0.2, 0) is 16.6 Å². The Labute approximate surface area is 207 Å². The Balaban J connectivity index is 1.60. The molecule has 0 aliphatic carbocycles. The Morgan fingerprint density at radius 3 is 2.37 bits per heavy atom. The normalized spacial score (nSPS) is 11.9. The van der Waals surface area contributed by atoms with Crippen LogP contribution in [0.2, 0.25) is 0 Å². The lowest BCUT2D eigenvalue weighted by atomic mass is 10.1. The molecule has 1 heterocycles. The van der Waals surface area contributed by atoms with Gasteiger partial charge < -0.3 is 9.30 Å². The van der Waals surface area contributed by atoms with Gasteiger partial charge in [-0.25, -0.2) is 8.42 Å². The summed E-state index contributed by atoms with van der Waals surface area (Å²) in [5.74, 6) is 2.74. The molecule has 4 aromatic rings. The largest absolute Gasteiger partial charge is 0.497 e. The van der Waals surface area contributed by atoms with E-state index in [0.717, 1.165) is 21.3 Å². The summed E-state index contributed by atoms with van der Waals surface area (Å²) in [6.45, 7) is 4.35. The number of aryl methyl sites for hydroxylation is 2. The van der Waals surface area contributed by atoms with Gasteiger partial charge in [0.15, 0.2) is 4.80 Å². The van der Waals surface area contributed by atoms with Crippen LogP contribution in [0.4, 0.5) is 5.69 Å². The number of carbonyl (C=O) groups is 1. The average molecular weight is 506 g/mol. The van der Waals surface area contributed by atoms with Crippen LogP contribution < -0.4 is 14.3 Å². The van der Waals surface area contributed by atoms with E-state index in [4.69, 9.17) is 11.2 Å². The number of ether oxygens (including phenoxy) is 1. The number of carbonyl (C=O) groups excluding carboxylic acids is 1. The third kappa shape index (κ3) is 5.14. The highest BCUT2D eigenvalue weighted by Crippen LogP contribution is 2.23. The minimum atomic E-state index is -3.79. The van der Waals surface area contributed by atoms with Gasteiger partial charge >= 0.3 is 0 Å². The van der Waals surface area contributed by atoms with Gasteiger partial charge in [-0.3, -0.25) is 9.52 Å². The number of terminal acetylenes is 1. The lowest BCUT2D eigenvalue weighted by Crippen LogP contribution is -2.16. The maximum atomic E-state index is 12.9. The van der Waals surface area contributed by atoms with Crippen LogP contribution in [0.5, 0.6) is 5.75 Å². The molecule has 0 saturated carbocycles. The molecule has 0 radical (unpaired) electrons. The second-order valence-corrected chi connectivity index (χ2v) is 10.5. The van der Waals surface area contributed by atoms with E-state index in [0.29, 0.717) is 28.3 Å². The molecule has 0 bridgehead atoms. The number of hydrogen-bond acceptors (Lipinski definition) is 5. The first kappa shape index (κ1) is 24.3. The first-order valence-corrected chi connectivity index (χ1v) is 12.9. The molecule has 35 heavy (non-hydrogen) atoms. The third-order valence-corrected chi connectivity index (χ3v) is 7.94. The molecule has 0 saturated heterocycles. The first-order valence-electron chi connectivity index (χ1n) is 10.6. The van der Waals surface area contributed by atoms with E-state index in [2.05, 4.69) is 21.7 Å². The number of sulfonamides is 1. The Morgan fingerprint density at radius 2 is 1.74 bits per heavy atom. The van der Waals surface area contributed by atoms with E-state index in [1.54, 1.807) is 12.1 Å². The van der Waals surface area contributed by atoms with Crippen LogP contribution in [0.15, 0.2) is 70.6 Å². The van der Waals surface area contributed by atoms with Crippen molar-refractivity contribution in [3.8, 4) is 18.1 Å². The van der Waals surface area contributed by atoms with E-state index in [-0.39, 0.29) is 4.90 Å². The van der Waals surface area contributed by atoms with Gasteiger partial charge in [0.05, 0.1) is 28.8 Å². The van der Waals surface area contributed by atoms with Crippen molar-refractivity contribution in [2.75, 3.05) is 11.8 Å². The number of rotatable bonds is 6. The molecule has 4 rings (SSSR count). The van der Waals surface area contributed by atoms with E-state index < -0.39 is 15.9 Å². The number of anilines is 1. The summed E-state index contributed by atoms with van der Waals surface area (Å²) in [7, 11) is -2.28. The summed E-state index contributed by atoms with van der Waals surface area (Å²) in [6, 6.07) is 16.3. The van der Waals surface area contributed by atoms with E-state index in [1.165, 1.54) is 54.8 Å². The van der Waals surface area contributed by atoms with Crippen molar-refractivity contribution in [3.63, 3.8) is 0 Å². The molecule has 0 aliphatic rings. The molecule has 7 nitrogen and oxygen atoms in total. The molecule has 0 atom stereocenters. The highest BCUT2D eigenvalue weighted by Gasteiger charge is 2.15. The molecular weight excluding hydrogens is 482 g/mol. The number of methoxy groups -OCH3 is 1. The number of benzene rings is 3. The molecule has 1 N–H and O–H groups in total. The SMILES string of the molecule is C#CCn1c(=NC(=O)c2ccc(NS(=O)(=O)c3ccc(OC)cc3)cc2)sc2cc(C)c(C)cc21. The summed E-state index contributed by atoms with van der Waals surface area (Å²) in [5, 5.41) is 0. The highest BCUT2D eigenvalue weighted by atomic mass is 32.2. The first-order chi connectivity index (χ1) is 16.7. The van der Waals surface area contributed by atoms with Gasteiger partial charge in [-0.15, -0.1) is 6.42 Å². The van der Waals surface area contributed by atoms with Crippen molar-refractivity contribution >= 4 is 43.2 Å². The zero-order valence-corrected chi connectivity index (χ0v) is 21.0. The van der Waals surface area contributed by atoms with Gasteiger partial charge in [0.1, 0.15) is 5.75 Å². The van der Waals surface area contributed by atoms with Crippen molar-refractivity contribution in [1.82, 2.24) is 4.57 Å². The fraction of sp³-hybridized carbons (Fsp3) is 0.154. The Kier molecular flexibility index (Phi) is 6.78. The minimum Gasteiger partial charge on any atom is -0.497 e. The van der Waals surface area contributed by atoms with Gasteiger partial charge in [-0.1, -0.05) is 17.3 Å². The zero-order valence-electron chi connectivity index (χ0n) is 19.4. The van der Waals surface area contributed by atoms with E-state index in [1.807, 2.05) is 24.5 Å². The van der Waals surface area contributed by atoms with Crippen LogP contribution in [0.1, 0.15) is 21.5 Å². The number of nitrogens with one attached hydrogen (secondary N) is 1. The Hall–Kier alpha value is -3.87. The fourth-order valence-corrected chi connectivity index (χ4v) is 5.62. The summed E-state index contributed by atoms with van der Waals surface area (Å²) in [4.78, 5) is 17.8. The summed E-state index contributed by atoms with van der Waals surface area (Å²) >= 11 is 1.40. The number of hydrogen-bond donors (Lipinski definition) is 1. The van der Waals surface area contributed by atoms with Gasteiger partial charge in [0.25, 0.3) is 15.9 Å². The Morgan fingerprint density at radius 1 is 1.09 bits per heavy atom. The van der Waals surface area contributed by atoms with Crippen LogP contribution in [-0.4, -0.2) is 26.0 Å². The predicted octanol–water partition coefficient (Wildman–Crippen LogP) is 4.50. The maximum absolute atomic E-state index is 12.9. The van der Waals surface area contributed by atoms with Gasteiger partial charge in [0, 0.05) is 11.3 Å². The molecular formula is C26H23N3O4S2. The second kappa shape index (κ2) is 9.78. The number of aromatic nitrogens is 1. The molecule has 178 valence electrons. The van der Waals surface area contributed by atoms with Crippen LogP contribution in [0, 0.1) is 26.2 Å². The lowest BCUT2D eigenvalue weighted by molar-refractivity contribution is 0.0998. The number of amides is 1. The van der Waals surface area contributed by atoms with Crippen molar-refractivity contribution < 1.29 is 17.9 Å². The second-order valence-electron chi connectivity index (χ2n) is 7.85. The molecule has 0 fully saturated rings. The maximum Gasteiger partial charge on any atom is 0.279 e. The summed E-state index contributed by atoms with van der Waals surface area (Å²) in [5.41, 5.74) is 3.87. The molecule has 1 amide bonds. The standard InChI is InChI=1S/C26H23N3O4S2/c1-5-14-29-23-15-17(2)18(3)16-24(23)34-26(29)27-25(30)19-6-8-20(9-7-19)28-35(31,32)22-12-10-21(33-4)11-13-22/h1,6-13,15-16,28H,14H2,2-4H3. The lowest BCUT2D eigenvalue weighted by Gasteiger charge is -2.09. The molecule has 1 aromatic heterocycles. The van der Waals surface area contributed by atoms with Crippen molar-refractivity contribution in [2.24, 2.45) is 4.99 Å². The number of thiazole rings is 1. The third-order valence-electron chi connectivity index (χ3n) is 5.50. The predicted molar refractivity (Wildman–Crippen MR) is 138 cm³/mol. The zero-order chi connectivity index (χ0) is 25.2. The molecule has 0 aliphatic heterocycles. The topological polar surface area (TPSA) is 89.8 Å². The average Bonchev–Trinajstić information content (AvgIpc) is 3.15. The Bertz CT molecular complexity index is 1620. The van der Waals surface area contributed by atoms with Crippen LogP contribution in [0.25, 0.3) is 10.2 Å². The molecule has 3 aromatic carbocycles. The summed E-state index contributed by atoms with van der Waals surface area (Å²) < 4.78 is 35.7. The smallest absolute Gasteiger partial charge is 0.279 e. The van der Waals surface area contributed by atoms with Crippen molar-refractivity contribution in [2.45, 2.75) is 25.3 Å². The number of fused-ring (bicyclic) bond motifs is 1.